The van der Waals surface area contributed by atoms with Crippen molar-refractivity contribution in [2.45, 2.75) is 71.3 Å². The van der Waals surface area contributed by atoms with E-state index >= 15 is 0 Å². The van der Waals surface area contributed by atoms with Crippen LogP contribution < -0.4 is 4.74 Å². The van der Waals surface area contributed by atoms with Crippen LogP contribution in [0.15, 0.2) is 6.20 Å². The third-order valence-electron chi connectivity index (χ3n) is 4.85. The van der Waals surface area contributed by atoms with Gasteiger partial charge in [0, 0.05) is 29.4 Å². The molecule has 1 aliphatic carbocycles. The van der Waals surface area contributed by atoms with E-state index in [0.717, 1.165) is 35.4 Å². The number of aromatic nitrogens is 1. The molecule has 0 aromatic carbocycles. The molecule has 1 aliphatic rings. The van der Waals surface area contributed by atoms with E-state index in [-0.39, 0.29) is 6.10 Å². The molecular weight excluding hydrogens is 262 g/mol. The SMILES string of the molecule is COc1c(C)cnc(CC(O)C2CCCCCCC2)c1C. The van der Waals surface area contributed by atoms with Gasteiger partial charge < -0.3 is 9.84 Å². The van der Waals surface area contributed by atoms with E-state index in [1.165, 1.54) is 32.1 Å². The van der Waals surface area contributed by atoms with Crippen LogP contribution in [0.3, 0.4) is 0 Å². The average Bonchev–Trinajstić information content (AvgIpc) is 2.42. The molecule has 3 heteroatoms. The van der Waals surface area contributed by atoms with Gasteiger partial charge in [0.15, 0.2) is 0 Å². The zero-order valence-electron chi connectivity index (χ0n) is 13.7. The van der Waals surface area contributed by atoms with Crippen molar-refractivity contribution >= 4 is 0 Å². The second-order valence-electron chi connectivity index (χ2n) is 6.42. The van der Waals surface area contributed by atoms with Crippen molar-refractivity contribution in [2.24, 2.45) is 5.92 Å². The highest BCUT2D eigenvalue weighted by molar-refractivity contribution is 5.41. The molecule has 118 valence electrons. The standard InChI is InChI=1S/C18H29NO2/c1-13-12-19-16(14(2)18(13)21-3)11-17(20)15-9-7-5-4-6-8-10-15/h12,15,17,20H,4-11H2,1-3H3. The Morgan fingerprint density at radius 2 is 1.81 bits per heavy atom. The third kappa shape index (κ3) is 4.19. The van der Waals surface area contributed by atoms with E-state index in [1.807, 2.05) is 20.0 Å². The van der Waals surface area contributed by atoms with E-state index in [9.17, 15) is 5.11 Å². The molecule has 0 aliphatic heterocycles. The smallest absolute Gasteiger partial charge is 0.128 e. The molecule has 2 rings (SSSR count). The van der Waals surface area contributed by atoms with Gasteiger partial charge in [-0.25, -0.2) is 0 Å². The Balaban J connectivity index is 2.06. The summed E-state index contributed by atoms with van der Waals surface area (Å²) in [6.07, 6.45) is 11.0. The lowest BCUT2D eigenvalue weighted by Gasteiger charge is -2.25. The molecule has 0 spiro atoms. The van der Waals surface area contributed by atoms with E-state index in [2.05, 4.69) is 4.98 Å². The largest absolute Gasteiger partial charge is 0.496 e. The summed E-state index contributed by atoms with van der Waals surface area (Å²) in [6.45, 7) is 4.05. The molecule has 1 unspecified atom stereocenters. The fourth-order valence-corrected chi connectivity index (χ4v) is 3.51. The van der Waals surface area contributed by atoms with E-state index in [1.54, 1.807) is 7.11 Å². The molecule has 0 saturated heterocycles. The van der Waals surface area contributed by atoms with Gasteiger partial charge in [-0.15, -0.1) is 0 Å². The number of aliphatic hydroxyl groups is 1. The number of nitrogens with zero attached hydrogens (tertiary/aromatic N) is 1. The Bertz CT molecular complexity index is 451. The lowest BCUT2D eigenvalue weighted by Crippen LogP contribution is -2.24. The maximum Gasteiger partial charge on any atom is 0.128 e. The highest BCUT2D eigenvalue weighted by Gasteiger charge is 2.22. The predicted octanol–water partition coefficient (Wildman–Crippen LogP) is 3.97. The van der Waals surface area contributed by atoms with Crippen LogP contribution in [-0.4, -0.2) is 23.3 Å². The fraction of sp³-hybridized carbons (Fsp3) is 0.722. The summed E-state index contributed by atoms with van der Waals surface area (Å²) in [5.41, 5.74) is 3.11. The van der Waals surface area contributed by atoms with Crippen LogP contribution in [0.5, 0.6) is 5.75 Å². The number of rotatable bonds is 4. The molecule has 0 amide bonds. The molecule has 0 radical (unpaired) electrons. The number of ether oxygens (including phenoxy) is 1. The summed E-state index contributed by atoms with van der Waals surface area (Å²) in [7, 11) is 1.70. The highest BCUT2D eigenvalue weighted by Crippen LogP contribution is 2.29. The van der Waals surface area contributed by atoms with Crippen molar-refractivity contribution in [2.75, 3.05) is 7.11 Å². The Labute approximate surface area is 128 Å². The van der Waals surface area contributed by atoms with E-state index in [4.69, 9.17) is 4.74 Å². The molecule has 1 aromatic heterocycles. The number of methoxy groups -OCH3 is 1. The first-order valence-corrected chi connectivity index (χ1v) is 8.30. The van der Waals surface area contributed by atoms with Gasteiger partial charge in [0.2, 0.25) is 0 Å². The molecule has 1 fully saturated rings. The minimum absolute atomic E-state index is 0.276. The number of hydrogen-bond donors (Lipinski definition) is 1. The van der Waals surface area contributed by atoms with Gasteiger partial charge in [-0.2, -0.15) is 0 Å². The highest BCUT2D eigenvalue weighted by atomic mass is 16.5. The number of aryl methyl sites for hydroxylation is 1. The van der Waals surface area contributed by atoms with E-state index in [0.29, 0.717) is 12.3 Å². The normalized spacial score (nSPS) is 18.9. The first kappa shape index (κ1) is 16.3. The molecule has 1 atom stereocenters. The Kier molecular flexibility index (Phi) is 6.04. The first-order chi connectivity index (χ1) is 10.1. The summed E-state index contributed by atoms with van der Waals surface area (Å²) in [6, 6.07) is 0. The van der Waals surface area contributed by atoms with Crippen molar-refractivity contribution in [1.82, 2.24) is 4.98 Å². The molecule has 1 aromatic rings. The lowest BCUT2D eigenvalue weighted by molar-refractivity contribution is 0.0902. The molecule has 1 heterocycles. The second-order valence-corrected chi connectivity index (χ2v) is 6.42. The quantitative estimate of drug-likeness (QED) is 0.912. The van der Waals surface area contributed by atoms with Crippen molar-refractivity contribution in [3.63, 3.8) is 0 Å². The zero-order chi connectivity index (χ0) is 15.2. The predicted molar refractivity (Wildman–Crippen MR) is 85.8 cm³/mol. The summed E-state index contributed by atoms with van der Waals surface area (Å²) < 4.78 is 5.46. The zero-order valence-corrected chi connectivity index (χ0v) is 13.7. The van der Waals surface area contributed by atoms with Crippen molar-refractivity contribution < 1.29 is 9.84 Å². The minimum Gasteiger partial charge on any atom is -0.496 e. The third-order valence-corrected chi connectivity index (χ3v) is 4.85. The van der Waals surface area contributed by atoms with Crippen LogP contribution in [0.2, 0.25) is 0 Å². The fourth-order valence-electron chi connectivity index (χ4n) is 3.51. The first-order valence-electron chi connectivity index (χ1n) is 8.30. The monoisotopic (exact) mass is 291 g/mol. The van der Waals surface area contributed by atoms with Crippen LogP contribution in [0.1, 0.15) is 61.8 Å². The number of aliphatic hydroxyl groups excluding tert-OH is 1. The maximum absolute atomic E-state index is 10.6. The molecule has 1 N–H and O–H groups in total. The van der Waals surface area contributed by atoms with Gasteiger partial charge in [0.25, 0.3) is 0 Å². The summed E-state index contributed by atoms with van der Waals surface area (Å²) in [5.74, 6) is 1.34. The van der Waals surface area contributed by atoms with Crippen LogP contribution in [-0.2, 0) is 6.42 Å². The molecule has 0 bridgehead atoms. The topological polar surface area (TPSA) is 42.4 Å². The Morgan fingerprint density at radius 1 is 1.19 bits per heavy atom. The van der Waals surface area contributed by atoms with Gasteiger partial charge in [-0.3, -0.25) is 4.98 Å². The van der Waals surface area contributed by atoms with Gasteiger partial charge in [-0.05, 0) is 32.6 Å². The van der Waals surface area contributed by atoms with Crippen LogP contribution >= 0.6 is 0 Å². The van der Waals surface area contributed by atoms with Crippen LogP contribution in [0.4, 0.5) is 0 Å². The maximum atomic E-state index is 10.6. The Hall–Kier alpha value is -1.09. The summed E-state index contributed by atoms with van der Waals surface area (Å²) >= 11 is 0. The lowest BCUT2D eigenvalue weighted by atomic mass is 9.85. The van der Waals surface area contributed by atoms with Gasteiger partial charge >= 0.3 is 0 Å². The minimum atomic E-state index is -0.276. The van der Waals surface area contributed by atoms with Crippen LogP contribution in [0.25, 0.3) is 0 Å². The molecule has 1 saturated carbocycles. The average molecular weight is 291 g/mol. The summed E-state index contributed by atoms with van der Waals surface area (Å²) in [5, 5.41) is 10.6. The number of pyridine rings is 1. The van der Waals surface area contributed by atoms with Gasteiger partial charge in [-0.1, -0.05) is 32.1 Å². The molecule has 21 heavy (non-hydrogen) atoms. The van der Waals surface area contributed by atoms with Crippen LogP contribution in [0, 0.1) is 19.8 Å². The van der Waals surface area contributed by atoms with Gasteiger partial charge in [0.1, 0.15) is 5.75 Å². The molecular formula is C18H29NO2. The second kappa shape index (κ2) is 7.79. The molecule has 3 nitrogen and oxygen atoms in total. The Morgan fingerprint density at radius 3 is 2.43 bits per heavy atom. The van der Waals surface area contributed by atoms with Crippen molar-refractivity contribution in [3.8, 4) is 5.75 Å². The van der Waals surface area contributed by atoms with E-state index < -0.39 is 0 Å². The van der Waals surface area contributed by atoms with Gasteiger partial charge in [0.05, 0.1) is 13.2 Å². The summed E-state index contributed by atoms with van der Waals surface area (Å²) in [4.78, 5) is 4.52. The number of hydrogen-bond acceptors (Lipinski definition) is 3. The van der Waals surface area contributed by atoms with Crippen molar-refractivity contribution in [3.05, 3.63) is 23.0 Å². The van der Waals surface area contributed by atoms with Crippen molar-refractivity contribution in [1.29, 1.82) is 0 Å².